The molecular formula is C15H26O. The van der Waals surface area contributed by atoms with Crippen LogP contribution in [0.4, 0.5) is 0 Å². The Bertz CT molecular complexity index is 321. The first-order chi connectivity index (χ1) is 7.33. The maximum Gasteiger partial charge on any atom is 0.0647 e. The van der Waals surface area contributed by atoms with Crippen LogP contribution in [-0.2, 0) is 0 Å². The lowest BCUT2D eigenvalue weighted by molar-refractivity contribution is -0.138. The first-order valence-corrected chi connectivity index (χ1v) is 7.01. The summed E-state index contributed by atoms with van der Waals surface area (Å²) in [6, 6.07) is 0. The SMILES string of the molecule is CC1CCC2C(C)(C)C(O)C3(C)CCC12C3. The van der Waals surface area contributed by atoms with Crippen LogP contribution in [0.3, 0.4) is 0 Å². The summed E-state index contributed by atoms with van der Waals surface area (Å²) in [7, 11) is 0. The summed E-state index contributed by atoms with van der Waals surface area (Å²) >= 11 is 0. The van der Waals surface area contributed by atoms with Gasteiger partial charge in [-0.25, -0.2) is 0 Å². The number of rotatable bonds is 0. The summed E-state index contributed by atoms with van der Waals surface area (Å²) in [5, 5.41) is 10.7. The molecule has 1 spiro atoms. The van der Waals surface area contributed by atoms with E-state index in [2.05, 4.69) is 27.7 Å². The molecule has 3 aliphatic rings. The fraction of sp³-hybridized carbons (Fsp3) is 1.00. The summed E-state index contributed by atoms with van der Waals surface area (Å²) in [5.41, 5.74) is 0.921. The van der Waals surface area contributed by atoms with E-state index in [-0.39, 0.29) is 16.9 Å². The van der Waals surface area contributed by atoms with E-state index in [0.717, 1.165) is 11.8 Å². The zero-order valence-electron chi connectivity index (χ0n) is 11.2. The van der Waals surface area contributed by atoms with Crippen molar-refractivity contribution in [3.05, 3.63) is 0 Å². The molecule has 0 aromatic carbocycles. The van der Waals surface area contributed by atoms with E-state index in [1.807, 2.05) is 0 Å². The van der Waals surface area contributed by atoms with Crippen LogP contribution in [0.15, 0.2) is 0 Å². The summed E-state index contributed by atoms with van der Waals surface area (Å²) in [4.78, 5) is 0. The number of hydrogen-bond acceptors (Lipinski definition) is 1. The van der Waals surface area contributed by atoms with Crippen LogP contribution in [0.5, 0.6) is 0 Å². The van der Waals surface area contributed by atoms with Gasteiger partial charge >= 0.3 is 0 Å². The monoisotopic (exact) mass is 222 g/mol. The van der Waals surface area contributed by atoms with Crippen molar-refractivity contribution in [2.24, 2.45) is 28.1 Å². The minimum atomic E-state index is -0.0917. The van der Waals surface area contributed by atoms with Gasteiger partial charge < -0.3 is 5.11 Å². The van der Waals surface area contributed by atoms with Crippen LogP contribution in [0.2, 0.25) is 0 Å². The second-order valence-electron chi connectivity index (χ2n) is 7.82. The molecule has 0 radical (unpaired) electrons. The van der Waals surface area contributed by atoms with Gasteiger partial charge in [0, 0.05) is 0 Å². The molecule has 2 bridgehead atoms. The third-order valence-electron chi connectivity index (χ3n) is 6.72. The van der Waals surface area contributed by atoms with Crippen LogP contribution in [0.1, 0.15) is 59.8 Å². The van der Waals surface area contributed by atoms with Gasteiger partial charge in [0.25, 0.3) is 0 Å². The van der Waals surface area contributed by atoms with Gasteiger partial charge in [-0.2, -0.15) is 0 Å². The largest absolute Gasteiger partial charge is 0.392 e. The Morgan fingerprint density at radius 2 is 1.75 bits per heavy atom. The quantitative estimate of drug-likeness (QED) is 0.664. The molecule has 1 nitrogen and oxygen atoms in total. The summed E-state index contributed by atoms with van der Waals surface area (Å²) < 4.78 is 0. The molecule has 3 saturated carbocycles. The predicted octanol–water partition coefficient (Wildman–Crippen LogP) is 3.61. The predicted molar refractivity (Wildman–Crippen MR) is 66.1 cm³/mol. The van der Waals surface area contributed by atoms with Crippen molar-refractivity contribution in [3.8, 4) is 0 Å². The molecule has 5 atom stereocenters. The topological polar surface area (TPSA) is 20.2 Å². The summed E-state index contributed by atoms with van der Waals surface area (Å²) in [6.07, 6.45) is 6.55. The van der Waals surface area contributed by atoms with Crippen LogP contribution in [-0.4, -0.2) is 11.2 Å². The van der Waals surface area contributed by atoms with Gasteiger partial charge in [-0.15, -0.1) is 0 Å². The zero-order valence-corrected chi connectivity index (χ0v) is 11.2. The highest BCUT2D eigenvalue weighted by atomic mass is 16.3. The highest BCUT2D eigenvalue weighted by Crippen LogP contribution is 2.72. The molecule has 3 aliphatic carbocycles. The number of fused-ring (bicyclic) bond motifs is 1. The van der Waals surface area contributed by atoms with E-state index in [1.165, 1.54) is 32.1 Å². The van der Waals surface area contributed by atoms with Gasteiger partial charge in [0.2, 0.25) is 0 Å². The van der Waals surface area contributed by atoms with E-state index < -0.39 is 0 Å². The van der Waals surface area contributed by atoms with Gasteiger partial charge in [-0.1, -0.05) is 27.7 Å². The third-order valence-corrected chi connectivity index (χ3v) is 6.72. The van der Waals surface area contributed by atoms with Gasteiger partial charge in [0.05, 0.1) is 6.10 Å². The Morgan fingerprint density at radius 3 is 2.44 bits per heavy atom. The fourth-order valence-electron chi connectivity index (χ4n) is 5.93. The van der Waals surface area contributed by atoms with Crippen molar-refractivity contribution in [2.75, 3.05) is 0 Å². The molecular weight excluding hydrogens is 196 g/mol. The summed E-state index contributed by atoms with van der Waals surface area (Å²) in [5.74, 6) is 1.65. The van der Waals surface area contributed by atoms with Crippen LogP contribution < -0.4 is 0 Å². The lowest BCUT2D eigenvalue weighted by atomic mass is 9.51. The Labute approximate surface area is 99.6 Å². The zero-order chi connectivity index (χ0) is 11.8. The fourth-order valence-corrected chi connectivity index (χ4v) is 5.93. The highest BCUT2D eigenvalue weighted by Gasteiger charge is 2.67. The molecule has 0 heterocycles. The molecule has 5 unspecified atom stereocenters. The Morgan fingerprint density at radius 1 is 1.06 bits per heavy atom. The molecule has 92 valence electrons. The molecule has 0 aromatic heterocycles. The Balaban J connectivity index is 2.10. The average molecular weight is 222 g/mol. The van der Waals surface area contributed by atoms with Crippen LogP contribution in [0, 0.1) is 28.1 Å². The van der Waals surface area contributed by atoms with E-state index in [0.29, 0.717) is 5.41 Å². The minimum Gasteiger partial charge on any atom is -0.392 e. The van der Waals surface area contributed by atoms with Crippen LogP contribution >= 0.6 is 0 Å². The lowest BCUT2D eigenvalue weighted by Crippen LogP contribution is -2.54. The second kappa shape index (κ2) is 2.85. The molecule has 16 heavy (non-hydrogen) atoms. The number of hydrogen-bond donors (Lipinski definition) is 1. The molecule has 0 aromatic rings. The molecule has 0 saturated heterocycles. The first kappa shape index (κ1) is 11.1. The van der Waals surface area contributed by atoms with Crippen molar-refractivity contribution in [3.63, 3.8) is 0 Å². The normalized spacial score (nSPS) is 58.7. The van der Waals surface area contributed by atoms with E-state index in [9.17, 15) is 5.11 Å². The van der Waals surface area contributed by atoms with Crippen molar-refractivity contribution >= 4 is 0 Å². The highest BCUT2D eigenvalue weighted by molar-refractivity contribution is 5.16. The standard InChI is InChI=1S/C15H26O/c1-10-5-6-11-13(2,3)12(16)14(4)7-8-15(10,11)9-14/h10-12,16H,5-9H2,1-4H3. The second-order valence-corrected chi connectivity index (χ2v) is 7.82. The van der Waals surface area contributed by atoms with Gasteiger partial charge in [0.15, 0.2) is 0 Å². The first-order valence-electron chi connectivity index (χ1n) is 7.01. The minimum absolute atomic E-state index is 0.0917. The molecule has 1 heteroatoms. The van der Waals surface area contributed by atoms with E-state index in [4.69, 9.17) is 0 Å². The van der Waals surface area contributed by atoms with Crippen molar-refractivity contribution in [1.82, 2.24) is 0 Å². The van der Waals surface area contributed by atoms with Crippen LogP contribution in [0.25, 0.3) is 0 Å². The van der Waals surface area contributed by atoms with E-state index in [1.54, 1.807) is 0 Å². The molecule has 0 amide bonds. The summed E-state index contributed by atoms with van der Waals surface area (Å²) in [6.45, 7) is 9.42. The van der Waals surface area contributed by atoms with Gasteiger partial charge in [-0.3, -0.25) is 0 Å². The lowest BCUT2D eigenvalue weighted by Gasteiger charge is -2.55. The van der Waals surface area contributed by atoms with Crippen molar-refractivity contribution in [2.45, 2.75) is 65.9 Å². The number of aliphatic hydroxyl groups is 1. The smallest absolute Gasteiger partial charge is 0.0647 e. The maximum atomic E-state index is 10.7. The molecule has 0 aliphatic heterocycles. The average Bonchev–Trinajstić information content (AvgIpc) is 2.69. The molecule has 3 fully saturated rings. The van der Waals surface area contributed by atoms with Gasteiger partial charge in [-0.05, 0) is 60.2 Å². The number of aliphatic hydroxyl groups excluding tert-OH is 1. The van der Waals surface area contributed by atoms with Crippen molar-refractivity contribution < 1.29 is 5.11 Å². The van der Waals surface area contributed by atoms with Crippen molar-refractivity contribution in [1.29, 1.82) is 0 Å². The Kier molecular flexibility index (Phi) is 1.98. The molecule has 3 rings (SSSR count). The third kappa shape index (κ3) is 1.02. The maximum absolute atomic E-state index is 10.7. The molecule has 1 N–H and O–H groups in total. The van der Waals surface area contributed by atoms with Gasteiger partial charge in [0.1, 0.15) is 0 Å². The Hall–Kier alpha value is -0.0400. The van der Waals surface area contributed by atoms with E-state index >= 15 is 0 Å².